The van der Waals surface area contributed by atoms with Gasteiger partial charge in [0.2, 0.25) is 0 Å². The van der Waals surface area contributed by atoms with Gasteiger partial charge < -0.3 is 13.7 Å². The van der Waals surface area contributed by atoms with E-state index in [-0.39, 0.29) is 5.41 Å². The second-order valence-corrected chi connectivity index (χ2v) is 16.3. The first kappa shape index (κ1) is 30.8. The van der Waals surface area contributed by atoms with E-state index in [1.165, 1.54) is 42.4 Å². The van der Waals surface area contributed by atoms with Crippen LogP contribution in [0.5, 0.6) is 0 Å². The Morgan fingerprint density at radius 3 is 2.07 bits per heavy atom. The average Bonchev–Trinajstić information content (AvgIpc) is 3.95. The smallest absolute Gasteiger partial charge is 0.159 e. The van der Waals surface area contributed by atoms with Crippen molar-refractivity contribution in [1.29, 1.82) is 0 Å². The Kier molecular flexibility index (Phi) is 6.27. The van der Waals surface area contributed by atoms with Crippen LogP contribution in [0.4, 0.5) is 17.1 Å². The summed E-state index contributed by atoms with van der Waals surface area (Å²) in [5, 5.41) is 6.82. The van der Waals surface area contributed by atoms with Gasteiger partial charge in [-0.2, -0.15) is 0 Å². The van der Waals surface area contributed by atoms with Crippen LogP contribution < -0.4 is 4.90 Å². The van der Waals surface area contributed by atoms with Gasteiger partial charge in [0.05, 0.1) is 5.69 Å². The number of para-hydroxylation sites is 1. The Morgan fingerprint density at radius 1 is 0.455 bits per heavy atom. The zero-order chi connectivity index (χ0) is 36.4. The zero-order valence-electron chi connectivity index (χ0n) is 30.3. The van der Waals surface area contributed by atoms with E-state index in [1.807, 2.05) is 11.3 Å². The monoisotopic (exact) mass is 723 g/mol. The van der Waals surface area contributed by atoms with Crippen molar-refractivity contribution in [2.45, 2.75) is 19.3 Å². The van der Waals surface area contributed by atoms with Crippen molar-refractivity contribution in [2.24, 2.45) is 0 Å². The van der Waals surface area contributed by atoms with Crippen LogP contribution in [0.3, 0.4) is 0 Å². The van der Waals surface area contributed by atoms with Gasteiger partial charge in [0.25, 0.3) is 0 Å². The molecule has 1 aliphatic rings. The molecule has 0 saturated heterocycles. The molecule has 0 N–H and O–H groups in total. The summed E-state index contributed by atoms with van der Waals surface area (Å²) in [5.41, 5.74) is 14.1. The van der Waals surface area contributed by atoms with E-state index in [0.717, 1.165) is 72.1 Å². The average molecular weight is 724 g/mol. The topological polar surface area (TPSA) is 29.5 Å². The van der Waals surface area contributed by atoms with Gasteiger partial charge in [0.15, 0.2) is 5.58 Å². The van der Waals surface area contributed by atoms with Gasteiger partial charge in [0.1, 0.15) is 16.7 Å². The molecule has 8 aromatic carbocycles. The van der Waals surface area contributed by atoms with Gasteiger partial charge in [-0.15, -0.1) is 11.3 Å². The number of nitrogens with zero attached hydrogens (tertiary/aromatic N) is 1. The predicted molar refractivity (Wildman–Crippen MR) is 232 cm³/mol. The summed E-state index contributed by atoms with van der Waals surface area (Å²) in [7, 11) is 0. The molecule has 0 saturated carbocycles. The lowest BCUT2D eigenvalue weighted by Gasteiger charge is -2.28. The van der Waals surface area contributed by atoms with Gasteiger partial charge in [0, 0.05) is 58.5 Å². The third-order valence-corrected chi connectivity index (χ3v) is 13.0. The largest absolute Gasteiger partial charge is 0.456 e. The summed E-state index contributed by atoms with van der Waals surface area (Å²) >= 11 is 1.84. The summed E-state index contributed by atoms with van der Waals surface area (Å²) in [4.78, 5) is 2.39. The van der Waals surface area contributed by atoms with Gasteiger partial charge in [-0.3, -0.25) is 0 Å². The van der Waals surface area contributed by atoms with Crippen molar-refractivity contribution < 1.29 is 8.83 Å². The van der Waals surface area contributed by atoms with Gasteiger partial charge in [-0.1, -0.05) is 123 Å². The molecule has 1 aliphatic carbocycles. The third-order valence-electron chi connectivity index (χ3n) is 11.9. The Balaban J connectivity index is 1.10. The quantitative estimate of drug-likeness (QED) is 0.181. The summed E-state index contributed by atoms with van der Waals surface area (Å²) in [5.74, 6) is 0. The van der Waals surface area contributed by atoms with Gasteiger partial charge in [-0.25, -0.2) is 0 Å². The highest BCUT2D eigenvalue weighted by atomic mass is 32.1. The number of thiophene rings is 1. The van der Waals surface area contributed by atoms with Crippen LogP contribution in [0, 0.1) is 0 Å². The predicted octanol–water partition coefficient (Wildman–Crippen LogP) is 15.3. The molecule has 12 rings (SSSR count). The maximum atomic E-state index is 7.02. The Labute approximate surface area is 321 Å². The fourth-order valence-electron chi connectivity index (χ4n) is 9.25. The molecule has 0 spiro atoms. The molecule has 0 bridgehead atoms. The van der Waals surface area contributed by atoms with Crippen LogP contribution in [-0.2, 0) is 5.41 Å². The summed E-state index contributed by atoms with van der Waals surface area (Å²) < 4.78 is 16.1. The summed E-state index contributed by atoms with van der Waals surface area (Å²) in [6.07, 6.45) is 0. The minimum atomic E-state index is -0.135. The minimum Gasteiger partial charge on any atom is -0.456 e. The molecule has 3 heterocycles. The van der Waals surface area contributed by atoms with Crippen LogP contribution in [0.1, 0.15) is 25.0 Å². The van der Waals surface area contributed by atoms with Crippen molar-refractivity contribution >= 4 is 92.4 Å². The lowest BCUT2D eigenvalue weighted by molar-refractivity contribution is 0.660. The summed E-state index contributed by atoms with van der Waals surface area (Å²) in [6, 6.07) is 59.1. The molecular weight excluding hydrogens is 691 g/mol. The number of rotatable bonds is 4. The third kappa shape index (κ3) is 4.37. The molecule has 0 aliphatic heterocycles. The second-order valence-electron chi connectivity index (χ2n) is 15.3. The van der Waals surface area contributed by atoms with Crippen LogP contribution in [0.2, 0.25) is 0 Å². The SMILES string of the molecule is CC1(C)c2ccccc2-c2ccc(N(c3ccc4c(c3)sc3ccccc34)c3cccc4c3oc3cc5c(cc34)oc3cccc(-c4ccccc4)c35)cc21. The Hall–Kier alpha value is -6.62. The Bertz CT molecular complexity index is 3360. The van der Waals surface area contributed by atoms with Gasteiger partial charge >= 0.3 is 0 Å². The normalized spacial score (nSPS) is 13.4. The molecule has 0 amide bonds. The van der Waals surface area contributed by atoms with Crippen molar-refractivity contribution in [3.05, 3.63) is 175 Å². The molecular formula is C51H33NO2S. The molecule has 0 fully saturated rings. The lowest BCUT2D eigenvalue weighted by Crippen LogP contribution is -2.16. The highest BCUT2D eigenvalue weighted by molar-refractivity contribution is 7.25. The van der Waals surface area contributed by atoms with E-state index in [9.17, 15) is 0 Å². The molecule has 3 aromatic heterocycles. The first-order valence-electron chi connectivity index (χ1n) is 18.8. The highest BCUT2D eigenvalue weighted by Crippen LogP contribution is 2.52. The maximum absolute atomic E-state index is 7.02. The fourth-order valence-corrected chi connectivity index (χ4v) is 10.4. The van der Waals surface area contributed by atoms with Crippen molar-refractivity contribution in [1.82, 2.24) is 0 Å². The molecule has 11 aromatic rings. The minimum absolute atomic E-state index is 0.135. The van der Waals surface area contributed by atoms with Crippen molar-refractivity contribution in [3.8, 4) is 22.3 Å². The fraction of sp³-hybridized carbons (Fsp3) is 0.0588. The maximum Gasteiger partial charge on any atom is 0.159 e. The van der Waals surface area contributed by atoms with E-state index in [2.05, 4.69) is 183 Å². The number of benzene rings is 8. The molecule has 4 heteroatoms. The van der Waals surface area contributed by atoms with Crippen LogP contribution in [0.25, 0.3) is 86.3 Å². The zero-order valence-corrected chi connectivity index (χ0v) is 31.1. The Morgan fingerprint density at radius 2 is 1.15 bits per heavy atom. The van der Waals surface area contributed by atoms with Crippen molar-refractivity contribution in [2.75, 3.05) is 4.90 Å². The van der Waals surface area contributed by atoms with E-state index >= 15 is 0 Å². The van der Waals surface area contributed by atoms with Crippen LogP contribution in [-0.4, -0.2) is 0 Å². The number of furan rings is 2. The van der Waals surface area contributed by atoms with Crippen LogP contribution >= 0.6 is 11.3 Å². The number of fused-ring (bicyclic) bond motifs is 12. The standard InChI is InChI=1S/C51H33NO2S/c1-51(2)41-18-8-6-14-34(41)35-24-22-31(26-42(35)51)52(32-23-25-37-36-15-7-9-21-47(36)55-48(37)27-32)43-19-10-17-38-39-28-46-40(29-45(39)54-50(38)43)49-33(16-11-20-44(49)53-46)30-12-4-3-5-13-30/h3-29H,1-2H3. The first-order valence-corrected chi connectivity index (χ1v) is 19.6. The van der Waals surface area contributed by atoms with E-state index in [0.29, 0.717) is 0 Å². The molecule has 0 unspecified atom stereocenters. The summed E-state index contributed by atoms with van der Waals surface area (Å²) in [6.45, 7) is 4.69. The van der Waals surface area contributed by atoms with E-state index < -0.39 is 0 Å². The number of anilines is 3. The van der Waals surface area contributed by atoms with E-state index in [1.54, 1.807) is 0 Å². The molecule has 0 radical (unpaired) electrons. The second kappa shape index (κ2) is 11.2. The molecule has 3 nitrogen and oxygen atoms in total. The van der Waals surface area contributed by atoms with Gasteiger partial charge in [-0.05, 0) is 88.0 Å². The van der Waals surface area contributed by atoms with Crippen LogP contribution in [0.15, 0.2) is 173 Å². The lowest BCUT2D eigenvalue weighted by atomic mass is 9.82. The molecule has 55 heavy (non-hydrogen) atoms. The molecule has 0 atom stereocenters. The van der Waals surface area contributed by atoms with E-state index in [4.69, 9.17) is 8.83 Å². The molecule has 260 valence electrons. The first-order chi connectivity index (χ1) is 27.0. The highest BCUT2D eigenvalue weighted by Gasteiger charge is 2.36. The number of hydrogen-bond acceptors (Lipinski definition) is 4. The number of hydrogen-bond donors (Lipinski definition) is 0. The van der Waals surface area contributed by atoms with Crippen molar-refractivity contribution in [3.63, 3.8) is 0 Å².